The molecule has 5 rings (SSSR count). The predicted molar refractivity (Wildman–Crippen MR) is 125 cm³/mol. The first-order chi connectivity index (χ1) is 15.5. The minimum atomic E-state index is -0.298. The van der Waals surface area contributed by atoms with Crippen LogP contribution in [0.3, 0.4) is 0 Å². The van der Waals surface area contributed by atoms with Crippen molar-refractivity contribution < 1.29 is 8.78 Å². The maximum Gasteiger partial charge on any atom is 0.211 e. The van der Waals surface area contributed by atoms with E-state index in [9.17, 15) is 8.78 Å². The fourth-order valence-corrected chi connectivity index (χ4v) is 4.69. The summed E-state index contributed by atoms with van der Waals surface area (Å²) in [6.45, 7) is 4.01. The van der Waals surface area contributed by atoms with E-state index >= 15 is 0 Å². The minimum absolute atomic E-state index is 0.298. The number of halogens is 2. The molecule has 158 valence electrons. The Kier molecular flexibility index (Phi) is 5.15. The minimum Gasteiger partial charge on any atom is -0.218 e. The van der Waals surface area contributed by atoms with Crippen LogP contribution in [0, 0.1) is 25.5 Å². The summed E-state index contributed by atoms with van der Waals surface area (Å²) in [5.41, 5.74) is 6.07. The molecular formula is C26H19F2N3S. The molecule has 0 unspecified atom stereocenters. The van der Waals surface area contributed by atoms with Crippen molar-refractivity contribution in [1.82, 2.24) is 14.8 Å². The van der Waals surface area contributed by atoms with E-state index in [2.05, 4.69) is 0 Å². The molecule has 0 atom stereocenters. The largest absolute Gasteiger partial charge is 0.218 e. The fourth-order valence-electron chi connectivity index (χ4n) is 3.80. The summed E-state index contributed by atoms with van der Waals surface area (Å²) in [6.07, 6.45) is 0. The SMILES string of the molecule is Cc1sc(-n2nc(-c3ccc(F)cc3)c(C)c2-c2ccc(F)cc2)nc1-c1ccccc1. The van der Waals surface area contributed by atoms with Gasteiger partial charge in [-0.1, -0.05) is 41.7 Å². The van der Waals surface area contributed by atoms with Gasteiger partial charge >= 0.3 is 0 Å². The van der Waals surface area contributed by atoms with Crippen LogP contribution in [-0.2, 0) is 0 Å². The van der Waals surface area contributed by atoms with Crippen molar-refractivity contribution in [2.45, 2.75) is 13.8 Å². The smallest absolute Gasteiger partial charge is 0.211 e. The Morgan fingerprint density at radius 2 is 1.25 bits per heavy atom. The van der Waals surface area contributed by atoms with Gasteiger partial charge < -0.3 is 0 Å². The standard InChI is InChI=1S/C26H19F2N3S/c1-16-23(19-8-12-21(27)13-9-19)30-31(25(16)20-10-14-22(28)15-11-20)26-29-24(17(2)32-26)18-6-4-3-5-7-18/h3-15H,1-2H3. The van der Waals surface area contributed by atoms with Crippen LogP contribution in [0.2, 0.25) is 0 Å². The first-order valence-corrected chi connectivity index (χ1v) is 11.0. The molecule has 3 nitrogen and oxygen atoms in total. The molecule has 0 saturated carbocycles. The highest BCUT2D eigenvalue weighted by Gasteiger charge is 2.22. The topological polar surface area (TPSA) is 30.7 Å². The second-order valence-corrected chi connectivity index (χ2v) is 8.70. The summed E-state index contributed by atoms with van der Waals surface area (Å²) in [6, 6.07) is 22.6. The van der Waals surface area contributed by atoms with Crippen molar-refractivity contribution in [3.8, 4) is 38.9 Å². The molecule has 0 radical (unpaired) electrons. The number of aryl methyl sites for hydroxylation is 1. The zero-order valence-electron chi connectivity index (χ0n) is 17.5. The Hall–Kier alpha value is -3.64. The first kappa shape index (κ1) is 20.3. The fraction of sp³-hybridized carbons (Fsp3) is 0.0769. The highest BCUT2D eigenvalue weighted by atomic mass is 32.1. The summed E-state index contributed by atoms with van der Waals surface area (Å²) in [7, 11) is 0. The van der Waals surface area contributed by atoms with Gasteiger partial charge in [0, 0.05) is 27.1 Å². The summed E-state index contributed by atoms with van der Waals surface area (Å²) in [4.78, 5) is 5.98. The van der Waals surface area contributed by atoms with E-state index in [1.54, 1.807) is 35.6 Å². The molecule has 0 aliphatic heterocycles. The van der Waals surface area contributed by atoms with Gasteiger partial charge in [-0.25, -0.2) is 18.4 Å². The van der Waals surface area contributed by atoms with Gasteiger partial charge in [-0.2, -0.15) is 5.10 Å². The van der Waals surface area contributed by atoms with E-state index in [0.717, 1.165) is 49.3 Å². The molecule has 32 heavy (non-hydrogen) atoms. The number of rotatable bonds is 4. The molecule has 0 amide bonds. The highest BCUT2D eigenvalue weighted by Crippen LogP contribution is 2.37. The van der Waals surface area contributed by atoms with Crippen molar-refractivity contribution in [2.24, 2.45) is 0 Å². The summed E-state index contributed by atoms with van der Waals surface area (Å²) in [5, 5.41) is 5.59. The maximum absolute atomic E-state index is 13.6. The normalized spacial score (nSPS) is 11.1. The quantitative estimate of drug-likeness (QED) is 0.293. The van der Waals surface area contributed by atoms with Gasteiger partial charge in [0.25, 0.3) is 0 Å². The van der Waals surface area contributed by atoms with E-state index in [4.69, 9.17) is 10.1 Å². The first-order valence-electron chi connectivity index (χ1n) is 10.2. The van der Waals surface area contributed by atoms with Crippen molar-refractivity contribution in [2.75, 3.05) is 0 Å². The van der Waals surface area contributed by atoms with Crippen molar-refractivity contribution in [3.63, 3.8) is 0 Å². The lowest BCUT2D eigenvalue weighted by Gasteiger charge is -2.06. The molecule has 0 aliphatic rings. The number of nitrogens with zero attached hydrogens (tertiary/aromatic N) is 3. The third-order valence-corrected chi connectivity index (χ3v) is 6.32. The Bertz CT molecular complexity index is 1390. The Labute approximate surface area is 188 Å². The molecule has 0 spiro atoms. The molecule has 3 aromatic carbocycles. The Morgan fingerprint density at radius 1 is 0.688 bits per heavy atom. The number of aromatic nitrogens is 3. The lowest BCUT2D eigenvalue weighted by atomic mass is 10.0. The predicted octanol–water partition coefficient (Wildman–Crippen LogP) is 7.22. The monoisotopic (exact) mass is 443 g/mol. The third-order valence-electron chi connectivity index (χ3n) is 5.37. The molecule has 2 aromatic heterocycles. The number of thiazole rings is 1. The number of hydrogen-bond donors (Lipinski definition) is 0. The van der Waals surface area contributed by atoms with Gasteiger partial charge in [-0.3, -0.25) is 0 Å². The maximum atomic E-state index is 13.6. The zero-order chi connectivity index (χ0) is 22.2. The zero-order valence-corrected chi connectivity index (χ0v) is 18.3. The van der Waals surface area contributed by atoms with Gasteiger partial charge in [-0.05, 0) is 62.4 Å². The van der Waals surface area contributed by atoms with Crippen LogP contribution in [0.5, 0.6) is 0 Å². The van der Waals surface area contributed by atoms with Gasteiger partial charge in [0.1, 0.15) is 11.6 Å². The molecule has 2 heterocycles. The average molecular weight is 444 g/mol. The van der Waals surface area contributed by atoms with Gasteiger partial charge in [0.2, 0.25) is 5.13 Å². The van der Waals surface area contributed by atoms with Crippen LogP contribution in [0.1, 0.15) is 10.4 Å². The van der Waals surface area contributed by atoms with E-state index in [1.165, 1.54) is 24.3 Å². The van der Waals surface area contributed by atoms with Crippen LogP contribution >= 0.6 is 11.3 Å². The van der Waals surface area contributed by atoms with Crippen LogP contribution in [-0.4, -0.2) is 14.8 Å². The molecule has 0 saturated heterocycles. The third kappa shape index (κ3) is 3.63. The van der Waals surface area contributed by atoms with Crippen molar-refractivity contribution in [3.05, 3.63) is 101 Å². The van der Waals surface area contributed by atoms with Crippen molar-refractivity contribution >= 4 is 11.3 Å². The number of hydrogen-bond acceptors (Lipinski definition) is 3. The van der Waals surface area contributed by atoms with Crippen LogP contribution in [0.25, 0.3) is 38.9 Å². The molecule has 0 N–H and O–H groups in total. The lowest BCUT2D eigenvalue weighted by molar-refractivity contribution is 0.627. The Morgan fingerprint density at radius 3 is 1.88 bits per heavy atom. The summed E-state index contributed by atoms with van der Waals surface area (Å²) < 4.78 is 28.9. The number of benzene rings is 3. The molecule has 6 heteroatoms. The van der Waals surface area contributed by atoms with Gasteiger partial charge in [0.05, 0.1) is 17.1 Å². The summed E-state index contributed by atoms with van der Waals surface area (Å²) in [5.74, 6) is -0.597. The molecule has 0 aliphatic carbocycles. The molecule has 5 aromatic rings. The van der Waals surface area contributed by atoms with Crippen molar-refractivity contribution in [1.29, 1.82) is 0 Å². The van der Waals surface area contributed by atoms with E-state index in [0.29, 0.717) is 0 Å². The van der Waals surface area contributed by atoms with Gasteiger partial charge in [-0.15, -0.1) is 0 Å². The van der Waals surface area contributed by atoms with Crippen LogP contribution in [0.4, 0.5) is 8.78 Å². The molecule has 0 bridgehead atoms. The second kappa shape index (κ2) is 8.13. The average Bonchev–Trinajstić information content (AvgIpc) is 3.36. The van der Waals surface area contributed by atoms with E-state index in [1.807, 2.05) is 48.9 Å². The Balaban J connectivity index is 1.72. The lowest BCUT2D eigenvalue weighted by Crippen LogP contribution is -1.99. The molecule has 0 fully saturated rings. The van der Waals surface area contributed by atoms with Gasteiger partial charge in [0.15, 0.2) is 0 Å². The van der Waals surface area contributed by atoms with Crippen LogP contribution in [0.15, 0.2) is 78.9 Å². The highest BCUT2D eigenvalue weighted by molar-refractivity contribution is 7.14. The second-order valence-electron chi connectivity index (χ2n) is 7.52. The van der Waals surface area contributed by atoms with E-state index in [-0.39, 0.29) is 11.6 Å². The van der Waals surface area contributed by atoms with E-state index < -0.39 is 0 Å². The van der Waals surface area contributed by atoms with Crippen LogP contribution < -0.4 is 0 Å². The summed E-state index contributed by atoms with van der Waals surface area (Å²) >= 11 is 1.55. The molecular weight excluding hydrogens is 424 g/mol.